The van der Waals surface area contributed by atoms with Crippen molar-refractivity contribution in [1.29, 1.82) is 0 Å². The van der Waals surface area contributed by atoms with Crippen molar-refractivity contribution in [3.05, 3.63) is 107 Å². The number of benzene rings is 3. The van der Waals surface area contributed by atoms with Crippen LogP contribution >= 0.6 is 0 Å². The number of Topliss-reactive ketones (excluding diaryl/α,β-unsaturated/α-hetero) is 1. The molecular weight excluding hydrogens is 418 g/mol. The van der Waals surface area contributed by atoms with E-state index in [0.29, 0.717) is 16.8 Å². The first-order chi connectivity index (χ1) is 15.8. The van der Waals surface area contributed by atoms with Gasteiger partial charge in [-0.15, -0.1) is 0 Å². The quantitative estimate of drug-likeness (QED) is 0.408. The number of fused-ring (bicyclic) bond motifs is 1. The minimum absolute atomic E-state index is 0.0121. The summed E-state index contributed by atoms with van der Waals surface area (Å²) in [5.74, 6) is -1.89. The van der Waals surface area contributed by atoms with E-state index < -0.39 is 23.5 Å². The number of aromatic hydroxyl groups is 1. The van der Waals surface area contributed by atoms with Gasteiger partial charge in [0, 0.05) is 11.1 Å². The smallest absolute Gasteiger partial charge is 0.294 e. The third kappa shape index (κ3) is 3.36. The molecular formula is C27H21NO5. The molecule has 1 unspecified atom stereocenters. The summed E-state index contributed by atoms with van der Waals surface area (Å²) in [5.41, 5.74) is 3.48. The van der Waals surface area contributed by atoms with Crippen molar-refractivity contribution in [3.63, 3.8) is 0 Å². The van der Waals surface area contributed by atoms with Crippen LogP contribution in [0.25, 0.3) is 11.0 Å². The van der Waals surface area contributed by atoms with Crippen LogP contribution < -0.4 is 4.90 Å². The van der Waals surface area contributed by atoms with Crippen molar-refractivity contribution in [1.82, 2.24) is 0 Å². The molecule has 4 aromatic rings. The average molecular weight is 439 g/mol. The van der Waals surface area contributed by atoms with Gasteiger partial charge >= 0.3 is 0 Å². The second-order valence-electron chi connectivity index (χ2n) is 8.18. The number of hydrogen-bond acceptors (Lipinski definition) is 5. The summed E-state index contributed by atoms with van der Waals surface area (Å²) in [7, 11) is 0. The maximum absolute atomic E-state index is 13.6. The molecule has 1 aliphatic heterocycles. The summed E-state index contributed by atoms with van der Waals surface area (Å²) in [6, 6.07) is 19.7. The molecule has 0 saturated carbocycles. The molecule has 6 nitrogen and oxygen atoms in total. The third-order valence-corrected chi connectivity index (χ3v) is 6.06. The van der Waals surface area contributed by atoms with Crippen LogP contribution in [-0.2, 0) is 4.79 Å². The Morgan fingerprint density at radius 2 is 1.70 bits per heavy atom. The number of carbonyl (C=O) groups is 2. The molecule has 2 heterocycles. The van der Waals surface area contributed by atoms with Crippen molar-refractivity contribution in [2.24, 2.45) is 0 Å². The zero-order valence-electron chi connectivity index (χ0n) is 18.1. The van der Waals surface area contributed by atoms with E-state index in [4.69, 9.17) is 4.42 Å². The minimum Gasteiger partial charge on any atom is -0.508 e. The van der Waals surface area contributed by atoms with E-state index >= 15 is 0 Å². The molecule has 6 heteroatoms. The zero-order valence-corrected chi connectivity index (χ0v) is 18.1. The highest BCUT2D eigenvalue weighted by Crippen LogP contribution is 2.43. The van der Waals surface area contributed by atoms with E-state index in [1.54, 1.807) is 36.4 Å². The van der Waals surface area contributed by atoms with Crippen LogP contribution in [0.4, 0.5) is 5.69 Å². The zero-order chi connectivity index (χ0) is 23.3. The Balaban J connectivity index is 1.68. The molecule has 0 radical (unpaired) electrons. The Morgan fingerprint density at radius 1 is 0.909 bits per heavy atom. The summed E-state index contributed by atoms with van der Waals surface area (Å²) in [5, 5.41) is 21.7. The number of carbonyl (C=O) groups excluding carboxylic acids is 2. The number of aryl methyl sites for hydroxylation is 2. The van der Waals surface area contributed by atoms with Crippen molar-refractivity contribution < 1.29 is 24.2 Å². The van der Waals surface area contributed by atoms with Crippen LogP contribution in [0.3, 0.4) is 0 Å². The standard InChI is InChI=1S/C27H21NO5/c1-15-10-11-19(12-16(15)2)28-24(18-7-5-8-20(29)13-18)23(26(31)27(28)32)25(30)22-14-17-6-3-4-9-21(17)33-22/h3-14,24,29,31H,1-2H3. The van der Waals surface area contributed by atoms with E-state index in [2.05, 4.69) is 0 Å². The normalized spacial score (nSPS) is 16.1. The molecule has 164 valence electrons. The third-order valence-electron chi connectivity index (χ3n) is 6.06. The lowest BCUT2D eigenvalue weighted by molar-refractivity contribution is -0.117. The average Bonchev–Trinajstić information content (AvgIpc) is 3.35. The van der Waals surface area contributed by atoms with Crippen LogP contribution in [0.15, 0.2) is 88.5 Å². The summed E-state index contributed by atoms with van der Waals surface area (Å²) in [6.45, 7) is 3.89. The van der Waals surface area contributed by atoms with Gasteiger partial charge in [0.1, 0.15) is 11.3 Å². The van der Waals surface area contributed by atoms with Gasteiger partial charge in [-0.1, -0.05) is 36.4 Å². The number of rotatable bonds is 4. The number of ketones is 1. The summed E-state index contributed by atoms with van der Waals surface area (Å²) >= 11 is 0. The van der Waals surface area contributed by atoms with Gasteiger partial charge in [-0.3, -0.25) is 14.5 Å². The van der Waals surface area contributed by atoms with E-state index in [1.807, 2.05) is 38.1 Å². The Hall–Kier alpha value is -4.32. The lowest BCUT2D eigenvalue weighted by Gasteiger charge is -2.27. The monoisotopic (exact) mass is 439 g/mol. The first-order valence-electron chi connectivity index (χ1n) is 10.5. The first kappa shape index (κ1) is 20.6. The molecule has 3 aromatic carbocycles. The lowest BCUT2D eigenvalue weighted by atomic mass is 9.94. The molecule has 0 spiro atoms. The second-order valence-corrected chi connectivity index (χ2v) is 8.18. The molecule has 5 rings (SSSR count). The van der Waals surface area contributed by atoms with Gasteiger partial charge in [0.25, 0.3) is 5.91 Å². The van der Waals surface area contributed by atoms with Crippen molar-refractivity contribution in [2.45, 2.75) is 19.9 Å². The number of anilines is 1. The highest BCUT2D eigenvalue weighted by molar-refractivity contribution is 6.20. The Labute approximate surface area is 190 Å². The van der Waals surface area contributed by atoms with Gasteiger partial charge in [0.05, 0.1) is 11.6 Å². The predicted octanol–water partition coefficient (Wildman–Crippen LogP) is 5.54. The molecule has 33 heavy (non-hydrogen) atoms. The molecule has 0 aliphatic carbocycles. The lowest BCUT2D eigenvalue weighted by Crippen LogP contribution is -2.31. The van der Waals surface area contributed by atoms with Gasteiger partial charge in [0.15, 0.2) is 11.5 Å². The molecule has 1 aliphatic rings. The van der Waals surface area contributed by atoms with Gasteiger partial charge in [0.2, 0.25) is 5.78 Å². The number of amides is 1. The molecule has 0 fully saturated rings. The van der Waals surface area contributed by atoms with E-state index in [9.17, 15) is 19.8 Å². The van der Waals surface area contributed by atoms with Gasteiger partial charge in [-0.05, 0) is 66.9 Å². The largest absolute Gasteiger partial charge is 0.508 e. The number of nitrogens with zero attached hydrogens (tertiary/aromatic N) is 1. The first-order valence-corrected chi connectivity index (χ1v) is 10.5. The van der Waals surface area contributed by atoms with Crippen LogP contribution in [0.5, 0.6) is 5.75 Å². The van der Waals surface area contributed by atoms with Crippen molar-refractivity contribution >= 4 is 28.3 Å². The van der Waals surface area contributed by atoms with E-state index in [-0.39, 0.29) is 17.1 Å². The summed E-state index contributed by atoms with van der Waals surface area (Å²) < 4.78 is 5.74. The van der Waals surface area contributed by atoms with Crippen LogP contribution in [0.1, 0.15) is 33.3 Å². The minimum atomic E-state index is -0.938. The molecule has 1 aromatic heterocycles. The highest BCUT2D eigenvalue weighted by Gasteiger charge is 2.45. The topological polar surface area (TPSA) is 91.0 Å². The molecule has 1 atom stereocenters. The van der Waals surface area contributed by atoms with Crippen molar-refractivity contribution in [3.8, 4) is 5.75 Å². The fourth-order valence-electron chi connectivity index (χ4n) is 4.22. The second kappa shape index (κ2) is 7.67. The predicted molar refractivity (Wildman–Crippen MR) is 124 cm³/mol. The SMILES string of the molecule is Cc1ccc(N2C(=O)C(O)=C(C(=O)c3cc4ccccc4o3)C2c2cccc(O)c2)cc1C. The van der Waals surface area contributed by atoms with Gasteiger partial charge in [-0.25, -0.2) is 0 Å². The highest BCUT2D eigenvalue weighted by atomic mass is 16.3. The number of para-hydroxylation sites is 1. The van der Waals surface area contributed by atoms with Crippen molar-refractivity contribution in [2.75, 3.05) is 4.90 Å². The maximum Gasteiger partial charge on any atom is 0.294 e. The number of phenols is 1. The molecule has 2 N–H and O–H groups in total. The Morgan fingerprint density at radius 3 is 2.42 bits per heavy atom. The summed E-state index contributed by atoms with van der Waals surface area (Å²) in [4.78, 5) is 28.2. The van der Waals surface area contributed by atoms with Gasteiger partial charge in [-0.2, -0.15) is 0 Å². The van der Waals surface area contributed by atoms with Crippen LogP contribution in [-0.4, -0.2) is 21.9 Å². The van der Waals surface area contributed by atoms with Gasteiger partial charge < -0.3 is 14.6 Å². The fourth-order valence-corrected chi connectivity index (χ4v) is 4.22. The maximum atomic E-state index is 13.6. The number of aliphatic hydroxyl groups is 1. The number of aliphatic hydroxyl groups excluding tert-OH is 1. The number of furan rings is 1. The molecule has 1 amide bonds. The fraction of sp³-hybridized carbons (Fsp3) is 0.111. The summed E-state index contributed by atoms with van der Waals surface area (Å²) in [6.07, 6.45) is 0. The van der Waals surface area contributed by atoms with Crippen LogP contribution in [0, 0.1) is 13.8 Å². The number of hydrogen-bond donors (Lipinski definition) is 2. The number of phenolic OH excluding ortho intramolecular Hbond substituents is 1. The van der Waals surface area contributed by atoms with Crippen LogP contribution in [0.2, 0.25) is 0 Å². The Bertz CT molecular complexity index is 1430. The van der Waals surface area contributed by atoms with E-state index in [1.165, 1.54) is 17.0 Å². The molecule has 0 bridgehead atoms. The van der Waals surface area contributed by atoms with E-state index in [0.717, 1.165) is 16.5 Å². The molecule has 0 saturated heterocycles. The Kier molecular flexibility index (Phi) is 4.78.